The van der Waals surface area contributed by atoms with Crippen molar-refractivity contribution in [3.8, 4) is 0 Å². The zero-order valence-electron chi connectivity index (χ0n) is 10.0. The van der Waals surface area contributed by atoms with Crippen molar-refractivity contribution in [2.45, 2.75) is 59.5 Å². The third-order valence-electron chi connectivity index (χ3n) is 2.29. The van der Waals surface area contributed by atoms with Crippen molar-refractivity contribution >= 4 is 5.78 Å². The fraction of sp³-hybridized carbons (Fsp3) is 0.917. The van der Waals surface area contributed by atoms with Crippen LogP contribution in [0.5, 0.6) is 0 Å². The highest BCUT2D eigenvalue weighted by molar-refractivity contribution is 5.75. The molecule has 0 amide bonds. The average Bonchev–Trinajstić information content (AvgIpc) is 2.02. The minimum atomic E-state index is 0.302. The summed E-state index contributed by atoms with van der Waals surface area (Å²) >= 11 is 0. The zero-order chi connectivity index (χ0) is 11.0. The van der Waals surface area contributed by atoms with Gasteiger partial charge in [-0.05, 0) is 39.5 Å². The van der Waals surface area contributed by atoms with Crippen LogP contribution in [0.3, 0.4) is 0 Å². The van der Waals surface area contributed by atoms with Crippen molar-refractivity contribution in [2.24, 2.45) is 5.92 Å². The van der Waals surface area contributed by atoms with Crippen LogP contribution in [-0.2, 0) is 9.53 Å². The largest absolute Gasteiger partial charge is 0.379 e. The molecule has 0 N–H and O–H groups in total. The quantitative estimate of drug-likeness (QED) is 0.601. The first-order valence-corrected chi connectivity index (χ1v) is 5.63. The van der Waals surface area contributed by atoms with Gasteiger partial charge in [0.25, 0.3) is 0 Å². The molecule has 2 heteroatoms. The molecule has 0 aliphatic heterocycles. The number of ether oxygens (including phenoxy) is 1. The van der Waals surface area contributed by atoms with E-state index in [9.17, 15) is 4.79 Å². The van der Waals surface area contributed by atoms with Gasteiger partial charge in [-0.2, -0.15) is 0 Å². The van der Waals surface area contributed by atoms with Gasteiger partial charge in [-0.25, -0.2) is 0 Å². The first-order chi connectivity index (χ1) is 6.52. The van der Waals surface area contributed by atoms with Gasteiger partial charge in [0, 0.05) is 13.0 Å². The molecule has 0 heterocycles. The second-order valence-electron chi connectivity index (χ2n) is 4.41. The molecule has 0 rings (SSSR count). The smallest absolute Gasteiger partial charge is 0.129 e. The number of rotatable bonds is 8. The van der Waals surface area contributed by atoms with Crippen LogP contribution in [0.15, 0.2) is 0 Å². The van der Waals surface area contributed by atoms with Crippen molar-refractivity contribution in [1.82, 2.24) is 0 Å². The molecule has 0 radical (unpaired) electrons. The number of carbonyl (C=O) groups excluding carboxylic acids is 1. The van der Waals surface area contributed by atoms with E-state index in [0.29, 0.717) is 17.8 Å². The lowest BCUT2D eigenvalue weighted by Crippen LogP contribution is -2.07. The van der Waals surface area contributed by atoms with Crippen molar-refractivity contribution in [1.29, 1.82) is 0 Å². The summed E-state index contributed by atoms with van der Waals surface area (Å²) in [6.07, 6.45) is 4.34. The van der Waals surface area contributed by atoms with Gasteiger partial charge in [-0.15, -0.1) is 0 Å². The van der Waals surface area contributed by atoms with Crippen molar-refractivity contribution in [2.75, 3.05) is 6.61 Å². The summed E-state index contributed by atoms with van der Waals surface area (Å²) in [5.74, 6) is 0.976. The summed E-state index contributed by atoms with van der Waals surface area (Å²) in [4.78, 5) is 10.7. The molecule has 0 aromatic rings. The van der Waals surface area contributed by atoms with Gasteiger partial charge in [-0.1, -0.05) is 13.3 Å². The molecule has 2 nitrogen and oxygen atoms in total. The summed E-state index contributed by atoms with van der Waals surface area (Å²) in [6, 6.07) is 0. The zero-order valence-corrected chi connectivity index (χ0v) is 10.0. The molecular formula is C12H24O2. The maximum absolute atomic E-state index is 10.7. The van der Waals surface area contributed by atoms with Crippen molar-refractivity contribution in [3.63, 3.8) is 0 Å². The molecule has 0 spiro atoms. The molecule has 0 aromatic heterocycles. The van der Waals surface area contributed by atoms with Crippen LogP contribution >= 0.6 is 0 Å². The predicted molar refractivity (Wildman–Crippen MR) is 59.4 cm³/mol. The van der Waals surface area contributed by atoms with E-state index in [2.05, 4.69) is 20.8 Å². The standard InChI is InChI=1S/C12H24O2/c1-10(2)14-9-8-11(3)6-5-7-12(4)13/h10-11H,5-9H2,1-4H3. The van der Waals surface area contributed by atoms with E-state index in [4.69, 9.17) is 4.74 Å². The van der Waals surface area contributed by atoms with Gasteiger partial charge < -0.3 is 9.53 Å². The molecule has 0 saturated carbocycles. The van der Waals surface area contributed by atoms with Crippen LogP contribution in [0.1, 0.15) is 53.4 Å². The van der Waals surface area contributed by atoms with Crippen LogP contribution in [-0.4, -0.2) is 18.5 Å². The lowest BCUT2D eigenvalue weighted by atomic mass is 10.0. The predicted octanol–water partition coefficient (Wildman–Crippen LogP) is 3.20. The molecule has 1 atom stereocenters. The first kappa shape index (κ1) is 13.6. The highest BCUT2D eigenvalue weighted by atomic mass is 16.5. The van der Waals surface area contributed by atoms with Crippen LogP contribution in [0.25, 0.3) is 0 Å². The molecule has 84 valence electrons. The molecule has 0 aromatic carbocycles. The van der Waals surface area contributed by atoms with Gasteiger partial charge in [0.2, 0.25) is 0 Å². The molecule has 0 saturated heterocycles. The lowest BCUT2D eigenvalue weighted by molar-refractivity contribution is -0.117. The summed E-state index contributed by atoms with van der Waals surface area (Å²) in [7, 11) is 0. The van der Waals surface area contributed by atoms with Gasteiger partial charge in [0.05, 0.1) is 6.10 Å². The van der Waals surface area contributed by atoms with Gasteiger partial charge in [0.15, 0.2) is 0 Å². The summed E-state index contributed by atoms with van der Waals surface area (Å²) in [5.41, 5.74) is 0. The Labute approximate surface area is 88.0 Å². The molecular weight excluding hydrogens is 176 g/mol. The highest BCUT2D eigenvalue weighted by Crippen LogP contribution is 2.12. The number of ketones is 1. The fourth-order valence-electron chi connectivity index (χ4n) is 1.35. The SMILES string of the molecule is CC(=O)CCCC(C)CCOC(C)C. The Hall–Kier alpha value is -0.370. The minimum Gasteiger partial charge on any atom is -0.379 e. The third-order valence-corrected chi connectivity index (χ3v) is 2.29. The van der Waals surface area contributed by atoms with Crippen LogP contribution < -0.4 is 0 Å². The van der Waals surface area contributed by atoms with E-state index in [0.717, 1.165) is 32.3 Å². The lowest BCUT2D eigenvalue weighted by Gasteiger charge is -2.12. The van der Waals surface area contributed by atoms with Crippen LogP contribution in [0.4, 0.5) is 0 Å². The normalized spacial score (nSPS) is 13.2. The van der Waals surface area contributed by atoms with E-state index in [1.165, 1.54) is 0 Å². The van der Waals surface area contributed by atoms with E-state index >= 15 is 0 Å². The Kier molecular flexibility index (Phi) is 7.77. The molecule has 0 fully saturated rings. The van der Waals surface area contributed by atoms with Crippen molar-refractivity contribution in [3.05, 3.63) is 0 Å². The number of hydrogen-bond donors (Lipinski definition) is 0. The highest BCUT2D eigenvalue weighted by Gasteiger charge is 2.03. The maximum Gasteiger partial charge on any atom is 0.129 e. The number of carbonyl (C=O) groups is 1. The van der Waals surface area contributed by atoms with Gasteiger partial charge in [-0.3, -0.25) is 0 Å². The summed E-state index contributed by atoms with van der Waals surface area (Å²) < 4.78 is 5.47. The Bertz CT molecular complexity index is 152. The second kappa shape index (κ2) is 7.98. The van der Waals surface area contributed by atoms with Crippen LogP contribution in [0, 0.1) is 5.92 Å². The fourth-order valence-corrected chi connectivity index (χ4v) is 1.35. The molecule has 14 heavy (non-hydrogen) atoms. The Morgan fingerprint density at radius 2 is 1.86 bits per heavy atom. The van der Waals surface area contributed by atoms with E-state index in [1.54, 1.807) is 6.92 Å². The Morgan fingerprint density at radius 1 is 1.21 bits per heavy atom. The third kappa shape index (κ3) is 9.72. The molecule has 1 unspecified atom stereocenters. The van der Waals surface area contributed by atoms with E-state index in [-0.39, 0.29) is 0 Å². The monoisotopic (exact) mass is 200 g/mol. The second-order valence-corrected chi connectivity index (χ2v) is 4.41. The van der Waals surface area contributed by atoms with E-state index in [1.807, 2.05) is 0 Å². The van der Waals surface area contributed by atoms with Gasteiger partial charge >= 0.3 is 0 Å². The van der Waals surface area contributed by atoms with E-state index < -0.39 is 0 Å². The Morgan fingerprint density at radius 3 is 2.36 bits per heavy atom. The topological polar surface area (TPSA) is 26.3 Å². The molecule has 0 bridgehead atoms. The van der Waals surface area contributed by atoms with Gasteiger partial charge in [0.1, 0.15) is 5.78 Å². The minimum absolute atomic E-state index is 0.302. The van der Waals surface area contributed by atoms with Crippen molar-refractivity contribution < 1.29 is 9.53 Å². The molecule has 0 aliphatic rings. The first-order valence-electron chi connectivity index (χ1n) is 5.63. The number of hydrogen-bond acceptors (Lipinski definition) is 2. The maximum atomic E-state index is 10.7. The molecule has 0 aliphatic carbocycles. The Balaban J connectivity index is 3.27. The summed E-state index contributed by atoms with van der Waals surface area (Å²) in [6.45, 7) is 8.84. The van der Waals surface area contributed by atoms with Crippen LogP contribution in [0.2, 0.25) is 0 Å². The number of Topliss-reactive ketones (excluding diaryl/α,β-unsaturated/α-hetero) is 1. The average molecular weight is 200 g/mol. The summed E-state index contributed by atoms with van der Waals surface area (Å²) in [5, 5.41) is 0.